The van der Waals surface area contributed by atoms with Crippen molar-refractivity contribution in [1.82, 2.24) is 0 Å². The fourth-order valence-electron chi connectivity index (χ4n) is 0. The van der Waals surface area contributed by atoms with E-state index in [2.05, 4.69) is 41.2 Å². The molecule has 0 aromatic heterocycles. The van der Waals surface area contributed by atoms with Gasteiger partial charge in [0, 0.05) is 0 Å². The van der Waals surface area contributed by atoms with E-state index in [9.17, 15) is 0 Å². The van der Waals surface area contributed by atoms with Crippen molar-refractivity contribution >= 4 is 0 Å². The van der Waals surface area contributed by atoms with E-state index in [-0.39, 0.29) is 0 Å². The Kier molecular flexibility index (Phi) is 6.85. The molecule has 0 aliphatic carbocycles. The van der Waals surface area contributed by atoms with Gasteiger partial charge in [0.05, 0.1) is 0 Å². The number of hydrogen-bond donors (Lipinski definition) is 0. The van der Waals surface area contributed by atoms with Gasteiger partial charge in [-0.15, -0.1) is 6.58 Å². The van der Waals surface area contributed by atoms with Gasteiger partial charge in [-0.05, 0) is 18.8 Å². The Morgan fingerprint density at radius 1 is 1.20 bits per heavy atom. The van der Waals surface area contributed by atoms with Gasteiger partial charge in [0.15, 0.2) is 0 Å². The van der Waals surface area contributed by atoms with Gasteiger partial charge in [0.2, 0.25) is 0 Å². The molecule has 0 spiro atoms. The van der Waals surface area contributed by atoms with Crippen LogP contribution in [0.3, 0.4) is 0 Å². The SMILES string of the molecule is C=C(C)CC.CC(C)(C)C. The molecule has 62 valence electrons. The zero-order valence-corrected chi connectivity index (χ0v) is 8.41. The van der Waals surface area contributed by atoms with Crippen molar-refractivity contribution < 1.29 is 0 Å². The lowest BCUT2D eigenvalue weighted by atomic mass is 10.0. The van der Waals surface area contributed by atoms with Crippen LogP contribution in [0, 0.1) is 5.41 Å². The van der Waals surface area contributed by atoms with Crippen LogP contribution in [-0.2, 0) is 0 Å². The third-order valence-corrected chi connectivity index (χ3v) is 0.604. The Balaban J connectivity index is 0. The minimum atomic E-state index is 0.500. The van der Waals surface area contributed by atoms with Crippen molar-refractivity contribution in [3.8, 4) is 0 Å². The van der Waals surface area contributed by atoms with Crippen molar-refractivity contribution in [2.75, 3.05) is 0 Å². The summed E-state index contributed by atoms with van der Waals surface area (Å²) in [4.78, 5) is 0. The molecule has 0 nitrogen and oxygen atoms in total. The lowest BCUT2D eigenvalue weighted by Crippen LogP contribution is -1.93. The largest absolute Gasteiger partial charge is 0.100 e. The smallest absolute Gasteiger partial charge is 0.0354 e. The molecule has 0 aromatic rings. The van der Waals surface area contributed by atoms with Crippen LogP contribution < -0.4 is 0 Å². The maximum atomic E-state index is 3.67. The van der Waals surface area contributed by atoms with Crippen LogP contribution in [0.2, 0.25) is 0 Å². The van der Waals surface area contributed by atoms with Crippen LogP contribution in [0.5, 0.6) is 0 Å². The van der Waals surface area contributed by atoms with Gasteiger partial charge < -0.3 is 0 Å². The van der Waals surface area contributed by atoms with Gasteiger partial charge in [-0.2, -0.15) is 0 Å². The minimum absolute atomic E-state index is 0.500. The topological polar surface area (TPSA) is 0 Å². The van der Waals surface area contributed by atoms with Crippen LogP contribution >= 0.6 is 0 Å². The molecular weight excluding hydrogens is 120 g/mol. The predicted octanol–water partition coefficient (Wildman–Crippen LogP) is 4.02. The first-order valence-electron chi connectivity index (χ1n) is 3.91. The Morgan fingerprint density at radius 3 is 1.30 bits per heavy atom. The predicted molar refractivity (Wildman–Crippen MR) is 50.2 cm³/mol. The lowest BCUT2D eigenvalue weighted by molar-refractivity contribution is 0.469. The molecule has 0 N–H and O–H groups in total. The minimum Gasteiger partial charge on any atom is -0.100 e. The van der Waals surface area contributed by atoms with Crippen LogP contribution in [0.15, 0.2) is 12.2 Å². The van der Waals surface area contributed by atoms with E-state index >= 15 is 0 Å². The van der Waals surface area contributed by atoms with Gasteiger partial charge in [0.1, 0.15) is 0 Å². The second-order valence-corrected chi connectivity index (χ2v) is 4.31. The highest BCUT2D eigenvalue weighted by Gasteiger charge is 1.95. The third-order valence-electron chi connectivity index (χ3n) is 0.604. The van der Waals surface area contributed by atoms with Crippen LogP contribution in [-0.4, -0.2) is 0 Å². The van der Waals surface area contributed by atoms with E-state index in [4.69, 9.17) is 0 Å². The highest BCUT2D eigenvalue weighted by Crippen LogP contribution is 2.08. The maximum absolute atomic E-state index is 3.67. The van der Waals surface area contributed by atoms with E-state index in [1.807, 2.05) is 6.92 Å². The molecule has 0 heterocycles. The van der Waals surface area contributed by atoms with Crippen LogP contribution in [0.4, 0.5) is 0 Å². The molecule has 0 amide bonds. The Bertz CT molecular complexity index is 76.7. The van der Waals surface area contributed by atoms with Crippen molar-refractivity contribution in [1.29, 1.82) is 0 Å². The fraction of sp³-hybridized carbons (Fsp3) is 0.800. The van der Waals surface area contributed by atoms with E-state index in [0.29, 0.717) is 5.41 Å². The van der Waals surface area contributed by atoms with Crippen LogP contribution in [0.25, 0.3) is 0 Å². The summed E-state index contributed by atoms with van der Waals surface area (Å²) in [6.07, 6.45) is 1.11. The fourth-order valence-corrected chi connectivity index (χ4v) is 0. The van der Waals surface area contributed by atoms with E-state index in [1.165, 1.54) is 5.57 Å². The van der Waals surface area contributed by atoms with Gasteiger partial charge in [0.25, 0.3) is 0 Å². The molecule has 0 unspecified atom stereocenters. The quantitative estimate of drug-likeness (QED) is 0.485. The summed E-state index contributed by atoms with van der Waals surface area (Å²) in [6, 6.07) is 0. The summed E-state index contributed by atoms with van der Waals surface area (Å²) in [5.74, 6) is 0. The first-order chi connectivity index (χ1) is 4.27. The monoisotopic (exact) mass is 142 g/mol. The zero-order chi connectivity index (χ0) is 8.78. The molecular formula is C10H22. The van der Waals surface area contributed by atoms with Crippen molar-refractivity contribution in [3.05, 3.63) is 12.2 Å². The van der Waals surface area contributed by atoms with Gasteiger partial charge >= 0.3 is 0 Å². The molecule has 10 heavy (non-hydrogen) atoms. The molecule has 0 aromatic carbocycles. The lowest BCUT2D eigenvalue weighted by Gasteiger charge is -2.05. The second-order valence-electron chi connectivity index (χ2n) is 4.31. The molecule has 0 aliphatic rings. The number of hydrogen-bond acceptors (Lipinski definition) is 0. The standard InChI is InChI=1S/C5H12.C5H10/c1-5(2,3)4;1-4-5(2)3/h1-4H3;2,4H2,1,3H3. The summed E-state index contributed by atoms with van der Waals surface area (Å²) >= 11 is 0. The second kappa shape index (κ2) is 5.52. The van der Waals surface area contributed by atoms with Gasteiger partial charge in [-0.25, -0.2) is 0 Å². The average molecular weight is 142 g/mol. The Hall–Kier alpha value is -0.260. The molecule has 0 radical (unpaired) electrons. The molecule has 0 saturated heterocycles. The third kappa shape index (κ3) is 116. The van der Waals surface area contributed by atoms with Gasteiger partial charge in [-0.1, -0.05) is 40.2 Å². The highest BCUT2D eigenvalue weighted by molar-refractivity contribution is 4.84. The molecule has 0 aliphatic heterocycles. The highest BCUT2D eigenvalue weighted by atomic mass is 14.0. The molecule has 0 rings (SSSR count). The molecule has 0 saturated carbocycles. The summed E-state index contributed by atoms with van der Waals surface area (Å²) < 4.78 is 0. The maximum Gasteiger partial charge on any atom is -0.0354 e. The van der Waals surface area contributed by atoms with Crippen molar-refractivity contribution in [3.63, 3.8) is 0 Å². The normalized spacial score (nSPS) is 9.80. The first kappa shape index (κ1) is 12.4. The van der Waals surface area contributed by atoms with E-state index in [0.717, 1.165) is 6.42 Å². The zero-order valence-electron chi connectivity index (χ0n) is 8.41. The molecule has 0 heteroatoms. The summed E-state index contributed by atoms with van der Waals surface area (Å²) in [5.41, 5.74) is 1.75. The van der Waals surface area contributed by atoms with Crippen molar-refractivity contribution in [2.24, 2.45) is 5.41 Å². The van der Waals surface area contributed by atoms with Gasteiger partial charge in [-0.3, -0.25) is 0 Å². The molecule has 0 bridgehead atoms. The van der Waals surface area contributed by atoms with Crippen molar-refractivity contribution in [2.45, 2.75) is 48.0 Å². The Morgan fingerprint density at radius 2 is 1.30 bits per heavy atom. The van der Waals surface area contributed by atoms with E-state index in [1.54, 1.807) is 0 Å². The molecule has 0 fully saturated rings. The molecule has 0 atom stereocenters. The van der Waals surface area contributed by atoms with E-state index < -0.39 is 0 Å². The summed E-state index contributed by atoms with van der Waals surface area (Å²) in [5, 5.41) is 0. The number of allylic oxidation sites excluding steroid dienone is 1. The first-order valence-corrected chi connectivity index (χ1v) is 3.91. The van der Waals surface area contributed by atoms with Crippen LogP contribution in [0.1, 0.15) is 48.0 Å². The Labute approximate surface area is 66.3 Å². The summed E-state index contributed by atoms with van der Waals surface area (Å²) in [6.45, 7) is 16.6. The number of rotatable bonds is 1. The summed E-state index contributed by atoms with van der Waals surface area (Å²) in [7, 11) is 0. The average Bonchev–Trinajstić information content (AvgIpc) is 1.61.